The summed E-state index contributed by atoms with van der Waals surface area (Å²) >= 11 is 0. The molecule has 1 saturated heterocycles. The second-order valence-electron chi connectivity index (χ2n) is 7.59. The van der Waals surface area contributed by atoms with Crippen molar-refractivity contribution in [1.29, 1.82) is 0 Å². The molecule has 0 unspecified atom stereocenters. The lowest BCUT2D eigenvalue weighted by atomic mass is 10.2. The molecule has 34 heavy (non-hydrogen) atoms. The fraction of sp³-hybridized carbons (Fsp3) is 0.273. The van der Waals surface area contributed by atoms with Gasteiger partial charge in [0.2, 0.25) is 15.9 Å². The van der Waals surface area contributed by atoms with Gasteiger partial charge in [-0.1, -0.05) is 0 Å². The van der Waals surface area contributed by atoms with Crippen LogP contribution < -0.4 is 15.4 Å². The minimum atomic E-state index is -3.79. The van der Waals surface area contributed by atoms with Crippen LogP contribution in [0.4, 0.5) is 5.69 Å². The molecule has 0 bridgehead atoms. The molecule has 1 aromatic heterocycles. The fourth-order valence-corrected chi connectivity index (χ4v) is 5.29. The lowest BCUT2D eigenvalue weighted by molar-refractivity contribution is -0.115. The smallest absolute Gasteiger partial charge is 0.251 e. The van der Waals surface area contributed by atoms with Crippen molar-refractivity contribution in [3.8, 4) is 11.4 Å². The van der Waals surface area contributed by atoms with E-state index in [2.05, 4.69) is 20.7 Å². The van der Waals surface area contributed by atoms with Crippen molar-refractivity contribution in [2.45, 2.75) is 17.7 Å². The zero-order valence-electron chi connectivity index (χ0n) is 18.5. The molecule has 4 rings (SSSR count). The first-order valence-corrected chi connectivity index (χ1v) is 12.0. The Bertz CT molecular complexity index is 1270. The van der Waals surface area contributed by atoms with E-state index in [9.17, 15) is 18.0 Å². The number of nitrogens with zero attached hydrogens (tertiary/aromatic N) is 4. The van der Waals surface area contributed by atoms with Crippen LogP contribution in [0.15, 0.2) is 60.0 Å². The molecular formula is C22H24N6O5S. The highest BCUT2D eigenvalue weighted by Gasteiger charge is 2.30. The number of methoxy groups -OCH3 is 1. The Balaban J connectivity index is 1.39. The third-order valence-corrected chi connectivity index (χ3v) is 7.27. The second kappa shape index (κ2) is 10.0. The maximum atomic E-state index is 13.0. The van der Waals surface area contributed by atoms with E-state index in [-0.39, 0.29) is 22.8 Å². The van der Waals surface area contributed by atoms with Crippen LogP contribution in [-0.4, -0.2) is 66.0 Å². The van der Waals surface area contributed by atoms with Gasteiger partial charge in [0.1, 0.15) is 23.3 Å². The van der Waals surface area contributed by atoms with Gasteiger partial charge in [-0.3, -0.25) is 9.59 Å². The van der Waals surface area contributed by atoms with E-state index in [0.29, 0.717) is 18.8 Å². The van der Waals surface area contributed by atoms with Crippen LogP contribution in [-0.2, 0) is 14.8 Å². The molecule has 1 aliphatic heterocycles. The van der Waals surface area contributed by atoms with Crippen molar-refractivity contribution in [2.24, 2.45) is 0 Å². The van der Waals surface area contributed by atoms with Gasteiger partial charge in [0.25, 0.3) is 5.91 Å². The molecule has 2 aromatic carbocycles. The molecular weight excluding hydrogens is 460 g/mol. The molecule has 3 aromatic rings. The third-order valence-electron chi connectivity index (χ3n) is 5.35. The van der Waals surface area contributed by atoms with Crippen LogP contribution in [0.5, 0.6) is 5.75 Å². The number of nitrogens with one attached hydrogen (secondary N) is 2. The van der Waals surface area contributed by atoms with Gasteiger partial charge in [0, 0.05) is 24.3 Å². The molecule has 0 aliphatic carbocycles. The van der Waals surface area contributed by atoms with Crippen molar-refractivity contribution in [1.82, 2.24) is 24.4 Å². The number of aromatic nitrogens is 3. The quantitative estimate of drug-likeness (QED) is 0.494. The average Bonchev–Trinajstić information content (AvgIpc) is 3.58. The summed E-state index contributed by atoms with van der Waals surface area (Å²) in [6.07, 6.45) is 4.57. The van der Waals surface area contributed by atoms with Crippen LogP contribution in [0, 0.1) is 0 Å². The number of benzene rings is 2. The molecule has 1 aliphatic rings. The predicted octanol–water partition coefficient (Wildman–Crippen LogP) is 1.43. The summed E-state index contributed by atoms with van der Waals surface area (Å²) < 4.78 is 34.2. The van der Waals surface area contributed by atoms with Crippen molar-refractivity contribution in [3.05, 3.63) is 60.7 Å². The summed E-state index contributed by atoms with van der Waals surface area (Å²) in [5.41, 5.74) is 1.44. The molecule has 0 atom stereocenters. The monoisotopic (exact) mass is 484 g/mol. The van der Waals surface area contributed by atoms with Crippen molar-refractivity contribution in [2.75, 3.05) is 32.1 Å². The number of hydrogen-bond acceptors (Lipinski definition) is 7. The minimum Gasteiger partial charge on any atom is -0.495 e. The number of rotatable bonds is 8. The molecule has 2 N–H and O–H groups in total. The maximum Gasteiger partial charge on any atom is 0.251 e. The van der Waals surface area contributed by atoms with E-state index in [4.69, 9.17) is 4.74 Å². The van der Waals surface area contributed by atoms with Gasteiger partial charge in [-0.2, -0.15) is 9.40 Å². The van der Waals surface area contributed by atoms with E-state index < -0.39 is 21.8 Å². The van der Waals surface area contributed by atoms with Crippen LogP contribution in [0.2, 0.25) is 0 Å². The standard InChI is InChI=1S/C22H24N6O5S/c1-33-19-9-4-16(12-20(19)34(31,32)27-10-2-3-11-27)22(30)24-13-21(29)26-17-5-7-18(8-6-17)28-15-23-14-25-28/h4-9,12,14-15H,2-3,10-11,13H2,1H3,(H,24,30)(H,26,29). The number of ether oxygens (including phenoxy) is 1. The summed E-state index contributed by atoms with van der Waals surface area (Å²) in [6, 6.07) is 11.1. The van der Waals surface area contributed by atoms with Gasteiger partial charge in [0.15, 0.2) is 0 Å². The third kappa shape index (κ3) is 5.07. The fourth-order valence-electron chi connectivity index (χ4n) is 3.59. The number of anilines is 1. The highest BCUT2D eigenvalue weighted by atomic mass is 32.2. The Morgan fingerprint density at radius 3 is 2.47 bits per heavy atom. The Kier molecular flexibility index (Phi) is 6.89. The first-order chi connectivity index (χ1) is 16.4. The molecule has 11 nitrogen and oxygen atoms in total. The molecule has 0 spiro atoms. The van der Waals surface area contributed by atoms with E-state index in [1.165, 1.54) is 35.9 Å². The largest absolute Gasteiger partial charge is 0.495 e. The predicted molar refractivity (Wildman–Crippen MR) is 123 cm³/mol. The SMILES string of the molecule is COc1ccc(C(=O)NCC(=O)Nc2ccc(-n3cncn3)cc2)cc1S(=O)(=O)N1CCCC1. The highest BCUT2D eigenvalue weighted by molar-refractivity contribution is 7.89. The topological polar surface area (TPSA) is 136 Å². The van der Waals surface area contributed by atoms with E-state index in [0.717, 1.165) is 18.5 Å². The highest BCUT2D eigenvalue weighted by Crippen LogP contribution is 2.29. The minimum absolute atomic E-state index is 0.0681. The van der Waals surface area contributed by atoms with Crippen molar-refractivity contribution in [3.63, 3.8) is 0 Å². The van der Waals surface area contributed by atoms with Crippen molar-refractivity contribution < 1.29 is 22.7 Å². The van der Waals surface area contributed by atoms with Gasteiger partial charge in [-0.15, -0.1) is 0 Å². The van der Waals surface area contributed by atoms with Gasteiger partial charge in [0.05, 0.1) is 19.3 Å². The Labute approximate surface area is 196 Å². The molecule has 12 heteroatoms. The van der Waals surface area contributed by atoms with Gasteiger partial charge >= 0.3 is 0 Å². The summed E-state index contributed by atoms with van der Waals surface area (Å²) in [5.74, 6) is -0.840. The molecule has 1 fully saturated rings. The molecule has 0 radical (unpaired) electrons. The van der Waals surface area contributed by atoms with Crippen LogP contribution in [0.25, 0.3) is 5.69 Å². The maximum absolute atomic E-state index is 13.0. The molecule has 2 amide bonds. The van der Waals surface area contributed by atoms with Crippen LogP contribution in [0.3, 0.4) is 0 Å². The normalized spacial score (nSPS) is 14.0. The van der Waals surface area contributed by atoms with E-state index in [1.54, 1.807) is 35.3 Å². The Morgan fingerprint density at radius 2 is 1.82 bits per heavy atom. The molecule has 0 saturated carbocycles. The first kappa shape index (κ1) is 23.4. The summed E-state index contributed by atoms with van der Waals surface area (Å²) in [6.45, 7) is 0.577. The number of hydrogen-bond donors (Lipinski definition) is 2. The average molecular weight is 485 g/mol. The lowest BCUT2D eigenvalue weighted by Crippen LogP contribution is -2.33. The van der Waals surface area contributed by atoms with Gasteiger partial charge < -0.3 is 15.4 Å². The summed E-state index contributed by atoms with van der Waals surface area (Å²) in [7, 11) is -2.41. The number of carbonyl (C=O) groups excluding carboxylic acids is 2. The molecule has 178 valence electrons. The second-order valence-corrected chi connectivity index (χ2v) is 9.50. The molecule has 2 heterocycles. The zero-order valence-corrected chi connectivity index (χ0v) is 19.3. The van der Waals surface area contributed by atoms with E-state index >= 15 is 0 Å². The van der Waals surface area contributed by atoms with Crippen LogP contribution >= 0.6 is 0 Å². The summed E-state index contributed by atoms with van der Waals surface area (Å²) in [5, 5.41) is 9.24. The number of carbonyl (C=O) groups is 2. The van der Waals surface area contributed by atoms with Crippen molar-refractivity contribution >= 4 is 27.5 Å². The summed E-state index contributed by atoms with van der Waals surface area (Å²) in [4.78, 5) is 28.7. The lowest BCUT2D eigenvalue weighted by Gasteiger charge is -2.18. The number of amides is 2. The van der Waals surface area contributed by atoms with E-state index in [1.807, 2.05) is 0 Å². The first-order valence-electron chi connectivity index (χ1n) is 10.6. The number of sulfonamides is 1. The van der Waals surface area contributed by atoms with Gasteiger partial charge in [-0.25, -0.2) is 18.1 Å². The Hall–Kier alpha value is -3.77. The Morgan fingerprint density at radius 1 is 1.09 bits per heavy atom. The van der Waals surface area contributed by atoms with Crippen LogP contribution in [0.1, 0.15) is 23.2 Å². The zero-order chi connectivity index (χ0) is 24.1. The van der Waals surface area contributed by atoms with Gasteiger partial charge in [-0.05, 0) is 55.3 Å².